The molecule has 0 heterocycles. The summed E-state index contributed by atoms with van der Waals surface area (Å²) in [5.41, 5.74) is 0. The van der Waals surface area contributed by atoms with E-state index in [0.29, 0.717) is 4.32 Å². The van der Waals surface area contributed by atoms with Crippen molar-refractivity contribution in [1.29, 1.82) is 0 Å². The van der Waals surface area contributed by atoms with Gasteiger partial charge in [0.05, 0.1) is 0 Å². The van der Waals surface area contributed by atoms with E-state index < -0.39 is 0 Å². The summed E-state index contributed by atoms with van der Waals surface area (Å²) in [7, 11) is 0. The van der Waals surface area contributed by atoms with Crippen LogP contribution in [0.15, 0.2) is 0 Å². The minimum Gasteiger partial charge on any atom is -0.0862 e. The summed E-state index contributed by atoms with van der Waals surface area (Å²) in [5.74, 6) is 0. The zero-order chi connectivity index (χ0) is 4.50. The molecule has 0 fully saturated rings. The zero-order valence-electron chi connectivity index (χ0n) is 4.59. The van der Waals surface area contributed by atoms with Crippen molar-refractivity contribution in [3.63, 3.8) is 0 Å². The first kappa shape index (κ1) is 10.3. The fourth-order valence-corrected chi connectivity index (χ4v) is 0. The standard InChI is InChI=1S/C4H9Br.Mg/c1-4(2,3)5;/h1-3H3;. The number of hydrogen-bond acceptors (Lipinski definition) is 0. The van der Waals surface area contributed by atoms with Gasteiger partial charge >= 0.3 is 0 Å². The third-order valence-electron chi connectivity index (χ3n) is 0. The second-order valence-electron chi connectivity index (χ2n) is 2.07. The monoisotopic (exact) mass is 160 g/mol. The van der Waals surface area contributed by atoms with Crippen molar-refractivity contribution in [3.8, 4) is 0 Å². The second-order valence-corrected chi connectivity index (χ2v) is 4.45. The highest BCUT2D eigenvalue weighted by molar-refractivity contribution is 9.10. The molecular weight excluding hydrogens is 152 g/mol. The maximum atomic E-state index is 3.38. The van der Waals surface area contributed by atoms with E-state index in [9.17, 15) is 0 Å². The molecule has 0 rings (SSSR count). The average Bonchev–Trinajstić information content (AvgIpc) is 0.722. The van der Waals surface area contributed by atoms with Crippen molar-refractivity contribution >= 4 is 39.0 Å². The van der Waals surface area contributed by atoms with Crippen LogP contribution < -0.4 is 0 Å². The van der Waals surface area contributed by atoms with Gasteiger partial charge in [0.25, 0.3) is 0 Å². The fourth-order valence-electron chi connectivity index (χ4n) is 0. The first-order valence-corrected chi connectivity index (χ1v) is 2.48. The van der Waals surface area contributed by atoms with E-state index in [4.69, 9.17) is 0 Å². The zero-order valence-corrected chi connectivity index (χ0v) is 7.59. The molecule has 0 aromatic heterocycles. The highest BCUT2D eigenvalue weighted by Crippen LogP contribution is 2.11. The van der Waals surface area contributed by atoms with Crippen LogP contribution in [0.25, 0.3) is 0 Å². The Bertz CT molecular complexity index is 23.0. The third-order valence-corrected chi connectivity index (χ3v) is 0. The minimum absolute atomic E-state index is 0. The smallest absolute Gasteiger partial charge is 0.0173 e. The fraction of sp³-hybridized carbons (Fsp3) is 1.00. The lowest BCUT2D eigenvalue weighted by atomic mass is 10.3. The Labute approximate surface area is 64.0 Å². The van der Waals surface area contributed by atoms with Crippen molar-refractivity contribution in [2.45, 2.75) is 25.1 Å². The summed E-state index contributed by atoms with van der Waals surface area (Å²) in [6.07, 6.45) is 0. The van der Waals surface area contributed by atoms with Crippen LogP contribution in [0.4, 0.5) is 0 Å². The van der Waals surface area contributed by atoms with Crippen molar-refractivity contribution in [1.82, 2.24) is 0 Å². The maximum Gasteiger partial charge on any atom is 0.0173 e. The molecule has 0 aliphatic heterocycles. The molecule has 0 unspecified atom stereocenters. The summed E-state index contributed by atoms with van der Waals surface area (Å²) in [4.78, 5) is 0. The predicted octanol–water partition coefficient (Wildman–Crippen LogP) is 1.80. The first-order chi connectivity index (χ1) is 2.00. The number of halogens is 1. The molecule has 0 atom stereocenters. The van der Waals surface area contributed by atoms with E-state index in [2.05, 4.69) is 36.7 Å². The molecule has 0 aromatic carbocycles. The van der Waals surface area contributed by atoms with E-state index in [-0.39, 0.29) is 23.1 Å². The molecule has 2 heteroatoms. The van der Waals surface area contributed by atoms with Gasteiger partial charge in [-0.1, -0.05) is 36.7 Å². The van der Waals surface area contributed by atoms with Gasteiger partial charge in [0.2, 0.25) is 0 Å². The van der Waals surface area contributed by atoms with Gasteiger partial charge in [0.1, 0.15) is 0 Å². The summed E-state index contributed by atoms with van der Waals surface area (Å²) in [5, 5.41) is 0. The van der Waals surface area contributed by atoms with Crippen LogP contribution in [-0.4, -0.2) is 27.4 Å². The van der Waals surface area contributed by atoms with Crippen LogP contribution in [0.1, 0.15) is 20.8 Å². The normalized spacial score (nSPS) is 10.0. The maximum absolute atomic E-state index is 3.38. The summed E-state index contributed by atoms with van der Waals surface area (Å²) in [6.45, 7) is 6.31. The molecule has 0 bridgehead atoms. The predicted molar refractivity (Wildman–Crippen MR) is 34.4 cm³/mol. The molecule has 2 radical (unpaired) electrons. The lowest BCUT2D eigenvalue weighted by Gasteiger charge is -2.02. The van der Waals surface area contributed by atoms with Gasteiger partial charge in [-0.25, -0.2) is 0 Å². The molecule has 0 N–H and O–H groups in total. The summed E-state index contributed by atoms with van der Waals surface area (Å²) >= 11 is 3.38. The molecule has 0 aliphatic rings. The molecule has 0 spiro atoms. The molecular formula is C4H9BrMg. The van der Waals surface area contributed by atoms with Gasteiger partial charge in [0.15, 0.2) is 0 Å². The van der Waals surface area contributed by atoms with Crippen LogP contribution in [-0.2, 0) is 0 Å². The van der Waals surface area contributed by atoms with E-state index in [1.807, 2.05) is 0 Å². The number of hydrogen-bond donors (Lipinski definition) is 0. The highest BCUT2D eigenvalue weighted by atomic mass is 79.9. The lowest BCUT2D eigenvalue weighted by molar-refractivity contribution is 0.824. The molecule has 0 saturated heterocycles. The van der Waals surface area contributed by atoms with Crippen molar-refractivity contribution in [2.75, 3.05) is 0 Å². The summed E-state index contributed by atoms with van der Waals surface area (Å²) < 4.78 is 0.312. The molecule has 0 aromatic rings. The van der Waals surface area contributed by atoms with Gasteiger partial charge in [-0.3, -0.25) is 0 Å². The quantitative estimate of drug-likeness (QED) is 0.375. The van der Waals surface area contributed by atoms with Crippen LogP contribution in [0.3, 0.4) is 0 Å². The Morgan fingerprint density at radius 2 is 1.17 bits per heavy atom. The number of alkyl halides is 1. The van der Waals surface area contributed by atoms with E-state index in [1.165, 1.54) is 0 Å². The van der Waals surface area contributed by atoms with Crippen molar-refractivity contribution < 1.29 is 0 Å². The van der Waals surface area contributed by atoms with Gasteiger partial charge < -0.3 is 0 Å². The van der Waals surface area contributed by atoms with E-state index in [1.54, 1.807) is 0 Å². The Balaban J connectivity index is 0. The van der Waals surface area contributed by atoms with E-state index >= 15 is 0 Å². The molecule has 0 aliphatic carbocycles. The van der Waals surface area contributed by atoms with Crippen LogP contribution in [0.2, 0.25) is 0 Å². The number of rotatable bonds is 0. The highest BCUT2D eigenvalue weighted by Gasteiger charge is 1.98. The molecule has 34 valence electrons. The minimum atomic E-state index is 0. The van der Waals surface area contributed by atoms with Gasteiger partial charge in [-0.2, -0.15) is 0 Å². The molecule has 6 heavy (non-hydrogen) atoms. The van der Waals surface area contributed by atoms with Crippen molar-refractivity contribution in [2.24, 2.45) is 0 Å². The SMILES string of the molecule is CC(C)(C)Br.[Mg]. The summed E-state index contributed by atoms with van der Waals surface area (Å²) in [6, 6.07) is 0. The van der Waals surface area contributed by atoms with Gasteiger partial charge in [-0.05, 0) is 0 Å². The Kier molecular flexibility index (Phi) is 5.61. The third kappa shape index (κ3) is 60.9. The van der Waals surface area contributed by atoms with Gasteiger partial charge in [0, 0.05) is 27.4 Å². The van der Waals surface area contributed by atoms with Crippen LogP contribution >= 0.6 is 15.9 Å². The van der Waals surface area contributed by atoms with Crippen LogP contribution in [0.5, 0.6) is 0 Å². The topological polar surface area (TPSA) is 0 Å². The Morgan fingerprint density at radius 1 is 1.17 bits per heavy atom. The first-order valence-electron chi connectivity index (χ1n) is 1.69. The van der Waals surface area contributed by atoms with Crippen molar-refractivity contribution in [3.05, 3.63) is 0 Å². The Morgan fingerprint density at radius 3 is 1.17 bits per heavy atom. The second kappa shape index (κ2) is 3.27. The van der Waals surface area contributed by atoms with Gasteiger partial charge in [-0.15, -0.1) is 0 Å². The molecule has 0 nitrogen and oxygen atoms in total. The van der Waals surface area contributed by atoms with Crippen LogP contribution in [0, 0.1) is 0 Å². The Hall–Kier alpha value is 1.25. The lowest BCUT2D eigenvalue weighted by Crippen LogP contribution is -1.97. The molecule has 0 amide bonds. The average molecular weight is 161 g/mol. The largest absolute Gasteiger partial charge is 0.0862 e. The van der Waals surface area contributed by atoms with E-state index in [0.717, 1.165) is 0 Å². The molecule has 0 saturated carbocycles.